The molecule has 146 valence electrons. The molecule has 0 spiro atoms. The fraction of sp³-hybridized carbons (Fsp3) is 0.381. The molecule has 6 heteroatoms. The molecule has 1 amide bonds. The largest absolute Gasteiger partial charge is 0.324 e. The van der Waals surface area contributed by atoms with E-state index in [9.17, 15) is 13.2 Å². The minimum absolute atomic E-state index is 0.335. The Morgan fingerprint density at radius 2 is 1.59 bits per heavy atom. The lowest BCUT2D eigenvalue weighted by atomic mass is 10.1. The first-order valence-electron chi connectivity index (χ1n) is 9.00. The number of carbonyl (C=O) groups excluding carboxylic acids is 1. The standard InChI is InChI=1S/C21H28N2O3S/c1-7-19(21(24)22-20-15(3)9-8-10-16(20)4)23(27(6,25)26)18-12-11-14(2)17(5)13-18/h8-13,19H,7H2,1-6H3,(H,22,24). The van der Waals surface area contributed by atoms with Gasteiger partial charge in [0.25, 0.3) is 0 Å². The van der Waals surface area contributed by atoms with Gasteiger partial charge in [-0.3, -0.25) is 9.10 Å². The molecule has 2 rings (SSSR count). The molecule has 1 N–H and O–H groups in total. The molecule has 0 radical (unpaired) electrons. The van der Waals surface area contributed by atoms with Crippen molar-refractivity contribution in [1.29, 1.82) is 0 Å². The Hall–Kier alpha value is -2.34. The number of nitrogens with one attached hydrogen (secondary N) is 1. The number of benzene rings is 2. The number of carbonyl (C=O) groups is 1. The van der Waals surface area contributed by atoms with Crippen molar-refractivity contribution in [3.63, 3.8) is 0 Å². The molecule has 0 heterocycles. The van der Waals surface area contributed by atoms with Crippen molar-refractivity contribution in [3.8, 4) is 0 Å². The highest BCUT2D eigenvalue weighted by atomic mass is 32.2. The fourth-order valence-electron chi connectivity index (χ4n) is 3.14. The molecule has 0 aliphatic rings. The van der Waals surface area contributed by atoms with Crippen LogP contribution < -0.4 is 9.62 Å². The summed E-state index contributed by atoms with van der Waals surface area (Å²) in [5.74, 6) is -0.335. The molecule has 0 aromatic heterocycles. The second kappa shape index (κ2) is 8.13. The lowest BCUT2D eigenvalue weighted by molar-refractivity contribution is -0.117. The van der Waals surface area contributed by atoms with Crippen molar-refractivity contribution in [2.45, 2.75) is 47.1 Å². The zero-order chi connectivity index (χ0) is 20.4. The molecule has 2 aromatic rings. The van der Waals surface area contributed by atoms with E-state index >= 15 is 0 Å². The molecule has 0 saturated carbocycles. The third-order valence-electron chi connectivity index (χ3n) is 4.80. The highest BCUT2D eigenvalue weighted by Gasteiger charge is 2.32. The quantitative estimate of drug-likeness (QED) is 0.810. The fourth-order valence-corrected chi connectivity index (χ4v) is 4.34. The number of hydrogen-bond donors (Lipinski definition) is 1. The van der Waals surface area contributed by atoms with Crippen LogP contribution in [0.15, 0.2) is 36.4 Å². The molecule has 0 saturated heterocycles. The molecular weight excluding hydrogens is 360 g/mol. The minimum atomic E-state index is -3.64. The Bertz CT molecular complexity index is 932. The van der Waals surface area contributed by atoms with Gasteiger partial charge in [-0.1, -0.05) is 31.2 Å². The van der Waals surface area contributed by atoms with Crippen LogP contribution in [0.2, 0.25) is 0 Å². The van der Waals surface area contributed by atoms with Crippen LogP contribution in [0.25, 0.3) is 0 Å². The van der Waals surface area contributed by atoms with Crippen LogP contribution in [-0.2, 0) is 14.8 Å². The van der Waals surface area contributed by atoms with Crippen LogP contribution >= 0.6 is 0 Å². The number of aryl methyl sites for hydroxylation is 4. The van der Waals surface area contributed by atoms with Crippen molar-refractivity contribution < 1.29 is 13.2 Å². The molecular formula is C21H28N2O3S. The molecule has 1 atom stereocenters. The van der Waals surface area contributed by atoms with Gasteiger partial charge in [-0.25, -0.2) is 8.42 Å². The maximum absolute atomic E-state index is 13.0. The van der Waals surface area contributed by atoms with Gasteiger partial charge in [0.15, 0.2) is 0 Å². The number of rotatable bonds is 6. The first-order valence-corrected chi connectivity index (χ1v) is 10.8. The first-order chi connectivity index (χ1) is 12.6. The van der Waals surface area contributed by atoms with E-state index in [2.05, 4.69) is 5.32 Å². The summed E-state index contributed by atoms with van der Waals surface area (Å²) in [6.07, 6.45) is 1.49. The number of anilines is 2. The Balaban J connectivity index is 2.46. The first kappa shape index (κ1) is 21.0. The van der Waals surface area contributed by atoms with Gasteiger partial charge in [0.1, 0.15) is 6.04 Å². The van der Waals surface area contributed by atoms with Gasteiger partial charge in [0.2, 0.25) is 15.9 Å². The molecule has 27 heavy (non-hydrogen) atoms. The summed E-state index contributed by atoms with van der Waals surface area (Å²) in [6, 6.07) is 10.4. The number of para-hydroxylation sites is 1. The maximum Gasteiger partial charge on any atom is 0.248 e. The van der Waals surface area contributed by atoms with Gasteiger partial charge in [0, 0.05) is 5.69 Å². The van der Waals surface area contributed by atoms with E-state index in [0.717, 1.165) is 34.2 Å². The Morgan fingerprint density at radius 3 is 2.07 bits per heavy atom. The van der Waals surface area contributed by atoms with Crippen LogP contribution in [0.1, 0.15) is 35.6 Å². The predicted octanol–water partition coefficient (Wildman–Crippen LogP) is 4.10. The van der Waals surface area contributed by atoms with Gasteiger partial charge in [-0.15, -0.1) is 0 Å². The van der Waals surface area contributed by atoms with Gasteiger partial charge in [0.05, 0.1) is 11.9 Å². The Kier molecular flexibility index (Phi) is 6.31. The number of nitrogens with zero attached hydrogens (tertiary/aromatic N) is 1. The molecule has 0 bridgehead atoms. The Morgan fingerprint density at radius 1 is 1.00 bits per heavy atom. The lowest BCUT2D eigenvalue weighted by Gasteiger charge is -2.31. The third kappa shape index (κ3) is 4.69. The number of hydrogen-bond acceptors (Lipinski definition) is 3. The van der Waals surface area contributed by atoms with Crippen LogP contribution in [-0.4, -0.2) is 26.6 Å². The van der Waals surface area contributed by atoms with E-state index in [1.54, 1.807) is 6.07 Å². The third-order valence-corrected chi connectivity index (χ3v) is 5.98. The smallest absolute Gasteiger partial charge is 0.248 e. The van der Waals surface area contributed by atoms with E-state index in [-0.39, 0.29) is 5.91 Å². The second-order valence-electron chi connectivity index (χ2n) is 7.01. The maximum atomic E-state index is 13.0. The van der Waals surface area contributed by atoms with Crippen molar-refractivity contribution in [1.82, 2.24) is 0 Å². The molecule has 5 nitrogen and oxygen atoms in total. The van der Waals surface area contributed by atoms with E-state index < -0.39 is 16.1 Å². The minimum Gasteiger partial charge on any atom is -0.324 e. The summed E-state index contributed by atoms with van der Waals surface area (Å²) in [7, 11) is -3.64. The Labute approximate surface area is 162 Å². The SMILES string of the molecule is CCC(C(=O)Nc1c(C)cccc1C)N(c1ccc(C)c(C)c1)S(C)(=O)=O. The summed E-state index contributed by atoms with van der Waals surface area (Å²) in [5.41, 5.74) is 5.16. The van der Waals surface area contributed by atoms with Gasteiger partial charge in [-0.2, -0.15) is 0 Å². The van der Waals surface area contributed by atoms with Crippen molar-refractivity contribution in [3.05, 3.63) is 58.7 Å². The summed E-state index contributed by atoms with van der Waals surface area (Å²) >= 11 is 0. The van der Waals surface area contributed by atoms with Crippen LogP contribution in [0.3, 0.4) is 0 Å². The van der Waals surface area contributed by atoms with Crippen molar-refractivity contribution >= 4 is 27.3 Å². The molecule has 2 aromatic carbocycles. The molecule has 0 aliphatic carbocycles. The van der Waals surface area contributed by atoms with Gasteiger partial charge < -0.3 is 5.32 Å². The highest BCUT2D eigenvalue weighted by molar-refractivity contribution is 7.92. The van der Waals surface area contributed by atoms with Gasteiger partial charge in [-0.05, 0) is 68.5 Å². The average molecular weight is 389 g/mol. The normalized spacial score (nSPS) is 12.5. The second-order valence-corrected chi connectivity index (χ2v) is 8.87. The monoisotopic (exact) mass is 388 g/mol. The van der Waals surface area contributed by atoms with Crippen LogP contribution in [0, 0.1) is 27.7 Å². The van der Waals surface area contributed by atoms with E-state index in [1.807, 2.05) is 65.0 Å². The number of amides is 1. The molecule has 0 aliphatic heterocycles. The van der Waals surface area contributed by atoms with Gasteiger partial charge >= 0.3 is 0 Å². The van der Waals surface area contributed by atoms with Crippen molar-refractivity contribution in [2.75, 3.05) is 15.9 Å². The summed E-state index contributed by atoms with van der Waals surface area (Å²) < 4.78 is 26.4. The summed E-state index contributed by atoms with van der Waals surface area (Å²) in [6.45, 7) is 9.54. The zero-order valence-corrected chi connectivity index (χ0v) is 17.6. The van der Waals surface area contributed by atoms with Crippen LogP contribution in [0.5, 0.6) is 0 Å². The summed E-state index contributed by atoms with van der Waals surface area (Å²) in [4.78, 5) is 13.0. The molecule has 0 fully saturated rings. The zero-order valence-electron chi connectivity index (χ0n) is 16.8. The average Bonchev–Trinajstić information content (AvgIpc) is 2.57. The summed E-state index contributed by atoms with van der Waals surface area (Å²) in [5, 5.41) is 2.93. The van der Waals surface area contributed by atoms with E-state index in [0.29, 0.717) is 12.1 Å². The number of sulfonamides is 1. The lowest BCUT2D eigenvalue weighted by Crippen LogP contribution is -2.47. The predicted molar refractivity (Wildman–Crippen MR) is 112 cm³/mol. The van der Waals surface area contributed by atoms with Crippen LogP contribution in [0.4, 0.5) is 11.4 Å². The highest BCUT2D eigenvalue weighted by Crippen LogP contribution is 2.27. The molecule has 1 unspecified atom stereocenters. The van der Waals surface area contributed by atoms with E-state index in [4.69, 9.17) is 0 Å². The van der Waals surface area contributed by atoms with Crippen molar-refractivity contribution in [2.24, 2.45) is 0 Å². The topological polar surface area (TPSA) is 66.5 Å². The van der Waals surface area contributed by atoms with E-state index in [1.165, 1.54) is 4.31 Å².